The molecule has 0 saturated heterocycles. The summed E-state index contributed by atoms with van der Waals surface area (Å²) in [5, 5.41) is 8.70. The lowest BCUT2D eigenvalue weighted by atomic mass is 10.1. The largest absolute Gasteiger partial charge is 0.497 e. The molecule has 0 atom stereocenters. The standard InChI is InChI=1S/C16H16O4/c1-3-14-12(7-8-16(17)18)10-15(20-14)11-5-4-6-13(9-11)19-2/h4-10H,3H2,1-2H3,(H,17,18)/b8-7+. The Morgan fingerprint density at radius 1 is 1.40 bits per heavy atom. The van der Waals surface area contributed by atoms with E-state index in [1.165, 1.54) is 0 Å². The lowest BCUT2D eigenvalue weighted by molar-refractivity contribution is -0.131. The zero-order chi connectivity index (χ0) is 14.5. The molecule has 0 spiro atoms. The summed E-state index contributed by atoms with van der Waals surface area (Å²) in [6, 6.07) is 9.38. The number of ether oxygens (including phenoxy) is 1. The Morgan fingerprint density at radius 2 is 2.20 bits per heavy atom. The fraction of sp³-hybridized carbons (Fsp3) is 0.188. The second-order valence-corrected chi connectivity index (χ2v) is 4.25. The van der Waals surface area contributed by atoms with E-state index in [9.17, 15) is 4.79 Å². The Labute approximate surface area is 117 Å². The number of aryl methyl sites for hydroxylation is 1. The van der Waals surface area contributed by atoms with Crippen LogP contribution in [0.5, 0.6) is 5.75 Å². The number of carboxylic acid groups (broad SMARTS) is 1. The van der Waals surface area contributed by atoms with E-state index < -0.39 is 5.97 Å². The number of hydrogen-bond acceptors (Lipinski definition) is 3. The maximum atomic E-state index is 10.6. The van der Waals surface area contributed by atoms with Crippen molar-refractivity contribution in [1.82, 2.24) is 0 Å². The molecule has 0 bridgehead atoms. The summed E-state index contributed by atoms with van der Waals surface area (Å²) in [6.07, 6.45) is 3.36. The minimum atomic E-state index is -0.976. The normalized spacial score (nSPS) is 10.9. The van der Waals surface area contributed by atoms with Crippen molar-refractivity contribution in [3.8, 4) is 17.1 Å². The maximum Gasteiger partial charge on any atom is 0.328 e. The van der Waals surface area contributed by atoms with Crippen LogP contribution >= 0.6 is 0 Å². The van der Waals surface area contributed by atoms with E-state index in [0.717, 1.165) is 28.7 Å². The molecule has 0 saturated carbocycles. The maximum absolute atomic E-state index is 10.6. The van der Waals surface area contributed by atoms with Crippen molar-refractivity contribution in [2.24, 2.45) is 0 Å². The van der Waals surface area contributed by atoms with Crippen LogP contribution in [-0.4, -0.2) is 18.2 Å². The number of hydrogen-bond donors (Lipinski definition) is 1. The van der Waals surface area contributed by atoms with Crippen LogP contribution in [0.15, 0.2) is 40.8 Å². The molecule has 0 radical (unpaired) electrons. The Balaban J connectivity index is 2.40. The molecule has 1 aromatic heterocycles. The van der Waals surface area contributed by atoms with E-state index >= 15 is 0 Å². The molecule has 2 rings (SSSR count). The lowest BCUT2D eigenvalue weighted by Crippen LogP contribution is -1.86. The number of furan rings is 1. The second-order valence-electron chi connectivity index (χ2n) is 4.25. The van der Waals surface area contributed by atoms with Crippen molar-refractivity contribution in [3.05, 3.63) is 47.7 Å². The molecular formula is C16H16O4. The Bertz CT molecular complexity index is 638. The van der Waals surface area contributed by atoms with Gasteiger partial charge >= 0.3 is 5.97 Å². The third-order valence-electron chi connectivity index (χ3n) is 2.92. The summed E-state index contributed by atoms with van der Waals surface area (Å²) in [5.74, 6) is 1.24. The molecule has 0 amide bonds. The van der Waals surface area contributed by atoms with Gasteiger partial charge in [-0.05, 0) is 24.3 Å². The van der Waals surface area contributed by atoms with Crippen molar-refractivity contribution in [2.45, 2.75) is 13.3 Å². The van der Waals surface area contributed by atoms with Crippen LogP contribution in [0, 0.1) is 0 Å². The van der Waals surface area contributed by atoms with Gasteiger partial charge in [-0.15, -0.1) is 0 Å². The fourth-order valence-electron chi connectivity index (χ4n) is 1.94. The number of rotatable bonds is 5. The highest BCUT2D eigenvalue weighted by atomic mass is 16.5. The first-order chi connectivity index (χ1) is 9.63. The Morgan fingerprint density at radius 3 is 2.85 bits per heavy atom. The predicted molar refractivity (Wildman–Crippen MR) is 76.7 cm³/mol. The van der Waals surface area contributed by atoms with Gasteiger partial charge in [0.2, 0.25) is 0 Å². The highest BCUT2D eigenvalue weighted by molar-refractivity contribution is 5.85. The van der Waals surface area contributed by atoms with E-state index in [2.05, 4.69) is 0 Å². The monoisotopic (exact) mass is 272 g/mol. The molecule has 0 aliphatic carbocycles. The van der Waals surface area contributed by atoms with Crippen LogP contribution in [0.1, 0.15) is 18.2 Å². The Hall–Kier alpha value is -2.49. The number of aliphatic carboxylic acids is 1. The third kappa shape index (κ3) is 3.09. The van der Waals surface area contributed by atoms with Gasteiger partial charge < -0.3 is 14.3 Å². The van der Waals surface area contributed by atoms with Crippen LogP contribution < -0.4 is 4.74 Å². The molecule has 4 heteroatoms. The van der Waals surface area contributed by atoms with Gasteiger partial charge in [0.1, 0.15) is 17.3 Å². The van der Waals surface area contributed by atoms with Gasteiger partial charge in [0, 0.05) is 23.6 Å². The Kier molecular flexibility index (Phi) is 4.25. The van der Waals surface area contributed by atoms with E-state index in [1.807, 2.05) is 37.3 Å². The van der Waals surface area contributed by atoms with Gasteiger partial charge in [-0.1, -0.05) is 19.1 Å². The molecule has 0 aliphatic heterocycles. The lowest BCUT2D eigenvalue weighted by Gasteiger charge is -2.01. The van der Waals surface area contributed by atoms with Crippen molar-refractivity contribution in [3.63, 3.8) is 0 Å². The van der Waals surface area contributed by atoms with Gasteiger partial charge in [-0.3, -0.25) is 0 Å². The van der Waals surface area contributed by atoms with Crippen molar-refractivity contribution in [2.75, 3.05) is 7.11 Å². The van der Waals surface area contributed by atoms with Gasteiger partial charge in [-0.25, -0.2) is 4.79 Å². The molecule has 0 unspecified atom stereocenters. The summed E-state index contributed by atoms with van der Waals surface area (Å²) in [4.78, 5) is 10.6. The summed E-state index contributed by atoms with van der Waals surface area (Å²) in [5.41, 5.74) is 1.68. The van der Waals surface area contributed by atoms with Crippen LogP contribution in [0.25, 0.3) is 17.4 Å². The van der Waals surface area contributed by atoms with Gasteiger partial charge in [-0.2, -0.15) is 0 Å². The molecular weight excluding hydrogens is 256 g/mol. The average Bonchev–Trinajstić information content (AvgIpc) is 2.88. The molecule has 2 aromatic rings. The fourth-order valence-corrected chi connectivity index (χ4v) is 1.94. The minimum Gasteiger partial charge on any atom is -0.497 e. The smallest absolute Gasteiger partial charge is 0.328 e. The van der Waals surface area contributed by atoms with Crippen LogP contribution in [0.4, 0.5) is 0 Å². The third-order valence-corrected chi connectivity index (χ3v) is 2.92. The van der Waals surface area contributed by atoms with Crippen molar-refractivity contribution >= 4 is 12.0 Å². The van der Waals surface area contributed by atoms with E-state index in [-0.39, 0.29) is 0 Å². The summed E-state index contributed by atoms with van der Waals surface area (Å²) in [6.45, 7) is 1.96. The molecule has 1 aromatic carbocycles. The molecule has 0 aliphatic rings. The first kappa shape index (κ1) is 13.9. The first-order valence-electron chi connectivity index (χ1n) is 6.32. The summed E-state index contributed by atoms with van der Waals surface area (Å²) >= 11 is 0. The zero-order valence-electron chi connectivity index (χ0n) is 11.4. The van der Waals surface area contributed by atoms with Crippen LogP contribution in [-0.2, 0) is 11.2 Å². The highest BCUT2D eigenvalue weighted by Crippen LogP contribution is 2.29. The van der Waals surface area contributed by atoms with E-state index in [4.69, 9.17) is 14.3 Å². The van der Waals surface area contributed by atoms with Crippen LogP contribution in [0.3, 0.4) is 0 Å². The predicted octanol–water partition coefficient (Wildman–Crippen LogP) is 3.62. The average molecular weight is 272 g/mol. The summed E-state index contributed by atoms with van der Waals surface area (Å²) in [7, 11) is 1.61. The molecule has 1 N–H and O–H groups in total. The quantitative estimate of drug-likeness (QED) is 0.844. The first-order valence-corrected chi connectivity index (χ1v) is 6.32. The second kappa shape index (κ2) is 6.10. The van der Waals surface area contributed by atoms with Crippen molar-refractivity contribution in [1.29, 1.82) is 0 Å². The highest BCUT2D eigenvalue weighted by Gasteiger charge is 2.10. The van der Waals surface area contributed by atoms with Crippen molar-refractivity contribution < 1.29 is 19.1 Å². The van der Waals surface area contributed by atoms with Gasteiger partial charge in [0.25, 0.3) is 0 Å². The summed E-state index contributed by atoms with van der Waals surface area (Å²) < 4.78 is 11.0. The van der Waals surface area contributed by atoms with E-state index in [0.29, 0.717) is 12.2 Å². The van der Waals surface area contributed by atoms with Crippen LogP contribution in [0.2, 0.25) is 0 Å². The molecule has 20 heavy (non-hydrogen) atoms. The molecule has 1 heterocycles. The van der Waals surface area contributed by atoms with E-state index in [1.54, 1.807) is 13.2 Å². The number of carbonyl (C=O) groups is 1. The number of benzene rings is 1. The minimum absolute atomic E-state index is 0.698. The number of methoxy groups -OCH3 is 1. The molecule has 4 nitrogen and oxygen atoms in total. The SMILES string of the molecule is CCc1oc(-c2cccc(OC)c2)cc1/C=C/C(=O)O. The topological polar surface area (TPSA) is 59.7 Å². The zero-order valence-corrected chi connectivity index (χ0v) is 11.4. The molecule has 104 valence electrons. The van der Waals surface area contributed by atoms with Gasteiger partial charge in [0.05, 0.1) is 7.11 Å². The number of carboxylic acids is 1. The molecule has 0 fully saturated rings. The van der Waals surface area contributed by atoms with Gasteiger partial charge in [0.15, 0.2) is 0 Å².